The Labute approximate surface area is 172 Å². The van der Waals surface area contributed by atoms with E-state index in [2.05, 4.69) is 10.3 Å². The largest absolute Gasteiger partial charge is 0.493 e. The lowest BCUT2D eigenvalue weighted by atomic mass is 10.2. The summed E-state index contributed by atoms with van der Waals surface area (Å²) in [5, 5.41) is 2.82. The van der Waals surface area contributed by atoms with Crippen LogP contribution in [-0.4, -0.2) is 29.2 Å². The Hall–Kier alpha value is -3.87. The number of halogens is 1. The molecule has 3 aromatic carbocycles. The summed E-state index contributed by atoms with van der Waals surface area (Å²) in [4.78, 5) is 17.1. The highest BCUT2D eigenvalue weighted by molar-refractivity contribution is 6.04. The van der Waals surface area contributed by atoms with Crippen molar-refractivity contribution in [2.24, 2.45) is 0 Å². The highest BCUT2D eigenvalue weighted by Crippen LogP contribution is 2.26. The first kappa shape index (κ1) is 19.4. The van der Waals surface area contributed by atoms with Gasteiger partial charge in [-0.3, -0.25) is 10.1 Å². The van der Waals surface area contributed by atoms with Crippen LogP contribution in [0.3, 0.4) is 0 Å². The van der Waals surface area contributed by atoms with Crippen LogP contribution < -0.4 is 14.8 Å². The number of benzene rings is 3. The molecule has 0 spiro atoms. The summed E-state index contributed by atoms with van der Waals surface area (Å²) in [6, 6.07) is 20.4. The second-order valence-corrected chi connectivity index (χ2v) is 6.54. The fourth-order valence-corrected chi connectivity index (χ4v) is 3.16. The van der Waals surface area contributed by atoms with E-state index in [1.54, 1.807) is 7.11 Å². The van der Waals surface area contributed by atoms with Gasteiger partial charge in [-0.25, -0.2) is 9.37 Å². The minimum absolute atomic E-state index is 0.347. The number of nitrogens with one attached hydrogen (secondary N) is 1. The molecule has 1 heterocycles. The fourth-order valence-electron chi connectivity index (χ4n) is 3.16. The van der Waals surface area contributed by atoms with E-state index >= 15 is 0 Å². The van der Waals surface area contributed by atoms with E-state index in [1.165, 1.54) is 24.3 Å². The maximum Gasteiger partial charge on any atom is 0.257 e. The second kappa shape index (κ2) is 8.65. The third-order valence-corrected chi connectivity index (χ3v) is 4.63. The number of amides is 1. The molecular formula is C23H20FN3O3. The van der Waals surface area contributed by atoms with Gasteiger partial charge in [0.25, 0.3) is 5.91 Å². The molecule has 6 nitrogen and oxygen atoms in total. The quantitative estimate of drug-likeness (QED) is 0.491. The van der Waals surface area contributed by atoms with Crippen LogP contribution in [-0.2, 0) is 6.54 Å². The van der Waals surface area contributed by atoms with Crippen molar-refractivity contribution in [1.29, 1.82) is 0 Å². The molecule has 4 rings (SSSR count). The van der Waals surface area contributed by atoms with Crippen LogP contribution in [0, 0.1) is 5.82 Å². The van der Waals surface area contributed by atoms with Gasteiger partial charge in [0.1, 0.15) is 12.4 Å². The van der Waals surface area contributed by atoms with Gasteiger partial charge in [0.15, 0.2) is 11.5 Å². The molecule has 0 aliphatic carbocycles. The third kappa shape index (κ3) is 4.10. The van der Waals surface area contributed by atoms with E-state index in [1.807, 2.05) is 53.1 Å². The predicted molar refractivity (Wildman–Crippen MR) is 113 cm³/mol. The topological polar surface area (TPSA) is 65.4 Å². The number of para-hydroxylation sites is 4. The Morgan fingerprint density at radius 3 is 2.47 bits per heavy atom. The van der Waals surface area contributed by atoms with Crippen LogP contribution in [0.5, 0.6) is 11.5 Å². The summed E-state index contributed by atoms with van der Waals surface area (Å²) in [5.74, 6) is 0.928. The number of methoxy groups -OCH3 is 1. The first-order chi connectivity index (χ1) is 14.7. The van der Waals surface area contributed by atoms with E-state index in [0.717, 1.165) is 11.0 Å². The molecule has 0 aliphatic rings. The van der Waals surface area contributed by atoms with Crippen LogP contribution in [0.15, 0.2) is 72.8 Å². The highest BCUT2D eigenvalue weighted by Gasteiger charge is 2.15. The highest BCUT2D eigenvalue weighted by atomic mass is 19.1. The van der Waals surface area contributed by atoms with Crippen LogP contribution in [0.1, 0.15) is 10.4 Å². The number of hydrogen-bond acceptors (Lipinski definition) is 4. The average molecular weight is 405 g/mol. The molecule has 0 unspecified atom stereocenters. The zero-order valence-electron chi connectivity index (χ0n) is 16.3. The number of fused-ring (bicyclic) bond motifs is 1. The minimum atomic E-state index is -0.396. The zero-order chi connectivity index (χ0) is 20.9. The summed E-state index contributed by atoms with van der Waals surface area (Å²) >= 11 is 0. The molecular weight excluding hydrogens is 385 g/mol. The molecule has 0 fully saturated rings. The smallest absolute Gasteiger partial charge is 0.257 e. The SMILES string of the molecule is COc1ccccc1OCCn1c(NC(=O)c2ccc(F)cc2)nc2ccccc21. The summed E-state index contributed by atoms with van der Waals surface area (Å²) in [6.45, 7) is 0.803. The van der Waals surface area contributed by atoms with Gasteiger partial charge in [-0.2, -0.15) is 0 Å². The lowest BCUT2D eigenvalue weighted by molar-refractivity contribution is 0.102. The number of hydrogen-bond donors (Lipinski definition) is 1. The number of carbonyl (C=O) groups excluding carboxylic acids is 1. The molecule has 0 bridgehead atoms. The molecule has 152 valence electrons. The van der Waals surface area contributed by atoms with E-state index in [-0.39, 0.29) is 5.91 Å². The fraction of sp³-hybridized carbons (Fsp3) is 0.130. The van der Waals surface area contributed by atoms with Crippen molar-refractivity contribution in [2.75, 3.05) is 19.0 Å². The van der Waals surface area contributed by atoms with Gasteiger partial charge in [-0.15, -0.1) is 0 Å². The van der Waals surface area contributed by atoms with Gasteiger partial charge < -0.3 is 14.0 Å². The van der Waals surface area contributed by atoms with Crippen LogP contribution in [0.2, 0.25) is 0 Å². The van der Waals surface area contributed by atoms with Crippen molar-refractivity contribution in [3.05, 3.63) is 84.2 Å². The third-order valence-electron chi connectivity index (χ3n) is 4.63. The van der Waals surface area contributed by atoms with Crippen molar-refractivity contribution in [3.63, 3.8) is 0 Å². The number of aromatic nitrogens is 2. The van der Waals surface area contributed by atoms with Crippen molar-refractivity contribution >= 4 is 22.9 Å². The molecule has 0 aliphatic heterocycles. The van der Waals surface area contributed by atoms with Crippen LogP contribution in [0.25, 0.3) is 11.0 Å². The molecule has 0 saturated carbocycles. The summed E-state index contributed by atoms with van der Waals surface area (Å²) in [6.07, 6.45) is 0. The Morgan fingerprint density at radius 1 is 1.00 bits per heavy atom. The van der Waals surface area contributed by atoms with Crippen molar-refractivity contribution in [2.45, 2.75) is 6.54 Å². The summed E-state index contributed by atoms with van der Waals surface area (Å²) in [7, 11) is 1.59. The molecule has 0 atom stereocenters. The molecule has 4 aromatic rings. The van der Waals surface area contributed by atoms with Gasteiger partial charge in [0.05, 0.1) is 24.7 Å². The molecule has 0 saturated heterocycles. The molecule has 7 heteroatoms. The van der Waals surface area contributed by atoms with Gasteiger partial charge in [0.2, 0.25) is 5.95 Å². The lowest BCUT2D eigenvalue weighted by Gasteiger charge is -2.13. The van der Waals surface area contributed by atoms with Gasteiger partial charge in [0, 0.05) is 5.56 Å². The number of ether oxygens (including phenoxy) is 2. The normalized spacial score (nSPS) is 10.7. The van der Waals surface area contributed by atoms with Crippen molar-refractivity contribution in [1.82, 2.24) is 9.55 Å². The first-order valence-corrected chi connectivity index (χ1v) is 9.44. The van der Waals surface area contributed by atoms with Crippen LogP contribution in [0.4, 0.5) is 10.3 Å². The number of imidazole rings is 1. The summed E-state index contributed by atoms with van der Waals surface area (Å²) < 4.78 is 26.2. The predicted octanol–water partition coefficient (Wildman–Crippen LogP) is 4.52. The van der Waals surface area contributed by atoms with Gasteiger partial charge >= 0.3 is 0 Å². The maximum absolute atomic E-state index is 13.1. The average Bonchev–Trinajstić information content (AvgIpc) is 3.11. The van der Waals surface area contributed by atoms with E-state index in [0.29, 0.717) is 36.2 Å². The number of rotatable bonds is 7. The molecule has 0 radical (unpaired) electrons. The molecule has 1 amide bonds. The van der Waals surface area contributed by atoms with Crippen molar-refractivity contribution < 1.29 is 18.7 Å². The van der Waals surface area contributed by atoms with Crippen LogP contribution >= 0.6 is 0 Å². The van der Waals surface area contributed by atoms with E-state index < -0.39 is 5.82 Å². The Bertz CT molecular complexity index is 1170. The Balaban J connectivity index is 1.55. The lowest BCUT2D eigenvalue weighted by Crippen LogP contribution is -2.18. The molecule has 1 aromatic heterocycles. The first-order valence-electron chi connectivity index (χ1n) is 9.44. The van der Waals surface area contributed by atoms with Crippen molar-refractivity contribution in [3.8, 4) is 11.5 Å². The number of carbonyl (C=O) groups is 1. The minimum Gasteiger partial charge on any atom is -0.493 e. The Kier molecular flexibility index (Phi) is 5.61. The Morgan fingerprint density at radius 2 is 1.70 bits per heavy atom. The monoisotopic (exact) mass is 405 g/mol. The zero-order valence-corrected chi connectivity index (χ0v) is 16.3. The number of nitrogens with zero attached hydrogens (tertiary/aromatic N) is 2. The maximum atomic E-state index is 13.1. The molecule has 30 heavy (non-hydrogen) atoms. The van der Waals surface area contributed by atoms with E-state index in [4.69, 9.17) is 9.47 Å². The van der Waals surface area contributed by atoms with Gasteiger partial charge in [-0.05, 0) is 48.5 Å². The van der Waals surface area contributed by atoms with E-state index in [9.17, 15) is 9.18 Å². The second-order valence-electron chi connectivity index (χ2n) is 6.54. The van der Waals surface area contributed by atoms with Gasteiger partial charge in [-0.1, -0.05) is 24.3 Å². The number of anilines is 1. The molecule has 1 N–H and O–H groups in total. The standard InChI is InChI=1S/C23H20FN3O3/c1-29-20-8-4-5-9-21(20)30-15-14-27-19-7-3-2-6-18(19)25-23(27)26-22(28)16-10-12-17(24)13-11-16/h2-13H,14-15H2,1H3,(H,25,26,28). The summed E-state index contributed by atoms with van der Waals surface area (Å²) in [5.41, 5.74) is 1.97.